The van der Waals surface area contributed by atoms with E-state index in [0.29, 0.717) is 35.3 Å². The molecular formula is C11H14Cl2N2O2S3. The molecule has 1 aliphatic rings. The average Bonchev–Trinajstić information content (AvgIpc) is 2.69. The van der Waals surface area contributed by atoms with Crippen LogP contribution < -0.4 is 5.73 Å². The number of nitrogens with two attached hydrogens (primary N) is 1. The Morgan fingerprint density at radius 2 is 2.00 bits per heavy atom. The van der Waals surface area contributed by atoms with Crippen LogP contribution in [0.2, 0.25) is 8.67 Å². The molecule has 2 heterocycles. The minimum atomic E-state index is -3.60. The van der Waals surface area contributed by atoms with E-state index in [1.807, 2.05) is 6.92 Å². The summed E-state index contributed by atoms with van der Waals surface area (Å²) in [7, 11) is -3.60. The molecule has 2 N–H and O–H groups in total. The van der Waals surface area contributed by atoms with Gasteiger partial charge in [-0.05, 0) is 18.9 Å². The summed E-state index contributed by atoms with van der Waals surface area (Å²) in [5.41, 5.74) is 5.44. The molecule has 0 bridgehead atoms. The van der Waals surface area contributed by atoms with Gasteiger partial charge in [0.2, 0.25) is 10.0 Å². The van der Waals surface area contributed by atoms with Crippen LogP contribution in [0.25, 0.3) is 0 Å². The molecule has 0 radical (unpaired) electrons. The van der Waals surface area contributed by atoms with Crippen LogP contribution >= 0.6 is 46.8 Å². The van der Waals surface area contributed by atoms with E-state index in [9.17, 15) is 8.42 Å². The quantitative estimate of drug-likeness (QED) is 0.827. The molecule has 0 unspecified atom stereocenters. The maximum absolute atomic E-state index is 12.5. The second kappa shape index (κ2) is 5.70. The molecule has 1 saturated heterocycles. The summed E-state index contributed by atoms with van der Waals surface area (Å²) in [6.07, 6.45) is 1.22. The second-order valence-electron chi connectivity index (χ2n) is 5.02. The van der Waals surface area contributed by atoms with Gasteiger partial charge >= 0.3 is 0 Å². The Labute approximate surface area is 137 Å². The highest BCUT2D eigenvalue weighted by Crippen LogP contribution is 2.38. The van der Waals surface area contributed by atoms with E-state index >= 15 is 0 Å². The van der Waals surface area contributed by atoms with Gasteiger partial charge in [0.15, 0.2) is 0 Å². The molecule has 9 heteroatoms. The van der Waals surface area contributed by atoms with Crippen LogP contribution in [0.5, 0.6) is 0 Å². The summed E-state index contributed by atoms with van der Waals surface area (Å²) in [5, 5.41) is 0. The number of thiophene rings is 1. The molecule has 0 saturated carbocycles. The smallest absolute Gasteiger partial charge is 0.245 e. The molecule has 2 rings (SSSR count). The van der Waals surface area contributed by atoms with Gasteiger partial charge in [0.25, 0.3) is 0 Å². The zero-order chi connectivity index (χ0) is 15.1. The van der Waals surface area contributed by atoms with Gasteiger partial charge in [0.05, 0.1) is 9.32 Å². The lowest BCUT2D eigenvalue weighted by Crippen LogP contribution is -2.46. The number of halogens is 2. The third-order valence-corrected chi connectivity index (χ3v) is 7.81. The van der Waals surface area contributed by atoms with Crippen molar-refractivity contribution in [2.45, 2.75) is 24.7 Å². The van der Waals surface area contributed by atoms with Crippen molar-refractivity contribution in [2.75, 3.05) is 13.1 Å². The molecule has 0 amide bonds. The summed E-state index contributed by atoms with van der Waals surface area (Å²) >= 11 is 17.9. The summed E-state index contributed by atoms with van der Waals surface area (Å²) in [6.45, 7) is 2.72. The summed E-state index contributed by atoms with van der Waals surface area (Å²) < 4.78 is 27.0. The Morgan fingerprint density at radius 3 is 2.40 bits per heavy atom. The van der Waals surface area contributed by atoms with E-state index in [-0.39, 0.29) is 14.6 Å². The third kappa shape index (κ3) is 2.98. The van der Waals surface area contributed by atoms with Crippen molar-refractivity contribution in [3.63, 3.8) is 0 Å². The molecule has 1 fully saturated rings. The minimum Gasteiger partial charge on any atom is -0.393 e. The fraction of sp³-hybridized carbons (Fsp3) is 0.545. The lowest BCUT2D eigenvalue weighted by atomic mass is 9.81. The van der Waals surface area contributed by atoms with Crippen molar-refractivity contribution in [3.05, 3.63) is 14.7 Å². The third-order valence-electron chi connectivity index (χ3n) is 3.66. The highest BCUT2D eigenvalue weighted by molar-refractivity contribution is 7.89. The van der Waals surface area contributed by atoms with E-state index < -0.39 is 10.0 Å². The first kappa shape index (κ1) is 16.5. The van der Waals surface area contributed by atoms with Gasteiger partial charge in [0.1, 0.15) is 9.23 Å². The van der Waals surface area contributed by atoms with Crippen molar-refractivity contribution in [2.24, 2.45) is 11.1 Å². The van der Waals surface area contributed by atoms with Gasteiger partial charge < -0.3 is 5.73 Å². The number of rotatable bonds is 3. The monoisotopic (exact) mass is 372 g/mol. The standard InChI is InChI=1S/C11H14Cl2N2O2S3/c1-11(10(14)18)2-4-15(5-3-11)20(16,17)7-6-8(12)19-9(7)13/h6H,2-5H2,1H3,(H2,14,18). The first-order chi connectivity index (χ1) is 9.17. The highest BCUT2D eigenvalue weighted by atomic mass is 35.5. The van der Waals surface area contributed by atoms with E-state index in [4.69, 9.17) is 41.2 Å². The van der Waals surface area contributed by atoms with Crippen LogP contribution in [0.15, 0.2) is 11.0 Å². The first-order valence-corrected chi connectivity index (χ1v) is 9.34. The number of sulfonamides is 1. The van der Waals surface area contributed by atoms with Crippen molar-refractivity contribution in [1.82, 2.24) is 4.31 Å². The zero-order valence-corrected chi connectivity index (χ0v) is 14.7. The highest BCUT2D eigenvalue weighted by Gasteiger charge is 2.38. The molecule has 1 aromatic rings. The van der Waals surface area contributed by atoms with Gasteiger partial charge in [0, 0.05) is 18.5 Å². The minimum absolute atomic E-state index is 0.0769. The fourth-order valence-electron chi connectivity index (χ4n) is 2.11. The molecule has 0 aliphatic carbocycles. The lowest BCUT2D eigenvalue weighted by Gasteiger charge is -2.37. The number of hydrogen-bond acceptors (Lipinski definition) is 4. The summed E-state index contributed by atoms with van der Waals surface area (Å²) in [5.74, 6) is 0. The molecule has 0 spiro atoms. The maximum Gasteiger partial charge on any atom is 0.245 e. The van der Waals surface area contributed by atoms with Crippen LogP contribution in [0.3, 0.4) is 0 Å². The van der Waals surface area contributed by atoms with Crippen molar-refractivity contribution < 1.29 is 8.42 Å². The second-order valence-corrected chi connectivity index (χ2v) is 9.65. The Kier molecular flexibility index (Phi) is 4.69. The van der Waals surface area contributed by atoms with Crippen molar-refractivity contribution in [3.8, 4) is 0 Å². The van der Waals surface area contributed by atoms with E-state index in [1.165, 1.54) is 10.4 Å². The normalized spacial score (nSPS) is 19.9. The molecule has 112 valence electrons. The first-order valence-electron chi connectivity index (χ1n) is 5.92. The zero-order valence-electron chi connectivity index (χ0n) is 10.7. The van der Waals surface area contributed by atoms with E-state index in [0.717, 1.165) is 11.3 Å². The number of nitrogens with zero attached hydrogens (tertiary/aromatic N) is 1. The van der Waals surface area contributed by atoms with Gasteiger partial charge in [-0.25, -0.2) is 8.42 Å². The number of piperidine rings is 1. The molecular weight excluding hydrogens is 359 g/mol. The number of thiocarbonyl (C=S) groups is 1. The van der Waals surface area contributed by atoms with E-state index in [2.05, 4.69) is 0 Å². The van der Waals surface area contributed by atoms with Crippen LogP contribution in [-0.4, -0.2) is 30.8 Å². The maximum atomic E-state index is 12.5. The van der Waals surface area contributed by atoms with Gasteiger partial charge in [-0.2, -0.15) is 4.31 Å². The molecule has 1 aromatic heterocycles. The summed E-state index contributed by atoms with van der Waals surface area (Å²) in [4.78, 5) is 0.513. The predicted octanol–water partition coefficient (Wildman–Crippen LogP) is 3.13. The Bertz CT molecular complexity index is 634. The molecule has 4 nitrogen and oxygen atoms in total. The summed E-state index contributed by atoms with van der Waals surface area (Å²) in [6, 6.07) is 1.39. The molecule has 0 atom stereocenters. The van der Waals surface area contributed by atoms with Gasteiger partial charge in [-0.3, -0.25) is 0 Å². The van der Waals surface area contributed by atoms with Crippen molar-refractivity contribution >= 4 is 61.8 Å². The van der Waals surface area contributed by atoms with Crippen LogP contribution in [0, 0.1) is 5.41 Å². The van der Waals surface area contributed by atoms with Crippen LogP contribution in [-0.2, 0) is 10.0 Å². The van der Waals surface area contributed by atoms with Gasteiger partial charge in [-0.1, -0.05) is 42.3 Å². The molecule has 1 aliphatic heterocycles. The largest absolute Gasteiger partial charge is 0.393 e. The SMILES string of the molecule is CC1(C(N)=S)CCN(S(=O)(=O)c2cc(Cl)sc2Cl)CC1. The fourth-order valence-corrected chi connectivity index (χ4v) is 5.86. The Morgan fingerprint density at radius 1 is 1.45 bits per heavy atom. The van der Waals surface area contributed by atoms with Crippen LogP contribution in [0.1, 0.15) is 19.8 Å². The Balaban J connectivity index is 2.22. The van der Waals surface area contributed by atoms with Crippen molar-refractivity contribution in [1.29, 1.82) is 0 Å². The van der Waals surface area contributed by atoms with Gasteiger partial charge in [-0.15, -0.1) is 11.3 Å². The van der Waals surface area contributed by atoms with E-state index in [1.54, 1.807) is 0 Å². The molecule has 0 aromatic carbocycles. The number of hydrogen-bond donors (Lipinski definition) is 1. The Hall–Kier alpha value is 0.0800. The average molecular weight is 373 g/mol. The molecule has 20 heavy (non-hydrogen) atoms. The van der Waals surface area contributed by atoms with Crippen LogP contribution in [0.4, 0.5) is 0 Å². The lowest BCUT2D eigenvalue weighted by molar-refractivity contribution is 0.244. The predicted molar refractivity (Wildman–Crippen MR) is 87.2 cm³/mol. The topological polar surface area (TPSA) is 63.4 Å².